The maximum atomic E-state index is 12.7. The van der Waals surface area contributed by atoms with Gasteiger partial charge in [0, 0.05) is 25.4 Å². The van der Waals surface area contributed by atoms with Crippen LogP contribution in [0.3, 0.4) is 0 Å². The fourth-order valence-electron chi connectivity index (χ4n) is 2.52. The van der Waals surface area contributed by atoms with Crippen LogP contribution in [0.2, 0.25) is 0 Å². The van der Waals surface area contributed by atoms with Gasteiger partial charge in [-0.05, 0) is 25.3 Å². The van der Waals surface area contributed by atoms with Crippen molar-refractivity contribution in [3.8, 4) is 11.4 Å². The molecular weight excluding hydrogens is 278 g/mol. The first kappa shape index (κ1) is 13.7. The minimum atomic E-state index is -2.67. The van der Waals surface area contributed by atoms with Crippen molar-refractivity contribution in [1.82, 2.24) is 19.7 Å². The number of anilines is 2. The van der Waals surface area contributed by atoms with Crippen molar-refractivity contribution in [2.45, 2.75) is 26.3 Å². The molecule has 0 radical (unpaired) electrons. The predicted molar refractivity (Wildman–Crippen MR) is 75.1 cm³/mol. The van der Waals surface area contributed by atoms with Crippen molar-refractivity contribution in [1.29, 1.82) is 0 Å². The first-order valence-corrected chi connectivity index (χ1v) is 6.78. The molecule has 0 bridgehead atoms. The Hall–Kier alpha value is -2.25. The third-order valence-electron chi connectivity index (χ3n) is 3.52. The summed E-state index contributed by atoms with van der Waals surface area (Å²) in [5, 5.41) is 3.89. The van der Waals surface area contributed by atoms with Gasteiger partial charge in [-0.2, -0.15) is 18.9 Å². The summed E-state index contributed by atoms with van der Waals surface area (Å²) in [6.07, 6.45) is 3.52. The van der Waals surface area contributed by atoms with E-state index in [1.807, 2.05) is 0 Å². The highest BCUT2D eigenvalue weighted by atomic mass is 19.3. The molecule has 0 atom stereocenters. The van der Waals surface area contributed by atoms with Crippen molar-refractivity contribution >= 4 is 11.8 Å². The van der Waals surface area contributed by atoms with Crippen LogP contribution in [-0.2, 0) is 0 Å². The summed E-state index contributed by atoms with van der Waals surface area (Å²) >= 11 is 0. The SMILES string of the molecule is Cc1cn(C(F)F)nc1-c1cc(N2CCCC2)nc(N)n1. The number of halogens is 2. The smallest absolute Gasteiger partial charge is 0.333 e. The topological polar surface area (TPSA) is 72.9 Å². The Morgan fingerprint density at radius 2 is 1.95 bits per heavy atom. The molecule has 2 N–H and O–H groups in total. The van der Waals surface area contributed by atoms with Gasteiger partial charge in [-0.25, -0.2) is 9.67 Å². The Labute approximate surface area is 120 Å². The lowest BCUT2D eigenvalue weighted by Gasteiger charge is -2.17. The largest absolute Gasteiger partial charge is 0.368 e. The summed E-state index contributed by atoms with van der Waals surface area (Å²) in [5.74, 6) is 0.849. The minimum Gasteiger partial charge on any atom is -0.368 e. The Bertz CT molecular complexity index is 648. The molecule has 1 fully saturated rings. The Morgan fingerprint density at radius 3 is 2.57 bits per heavy atom. The van der Waals surface area contributed by atoms with Gasteiger partial charge in [0.15, 0.2) is 0 Å². The van der Waals surface area contributed by atoms with Crippen LogP contribution in [0.5, 0.6) is 0 Å². The third-order valence-corrected chi connectivity index (χ3v) is 3.52. The number of alkyl halides is 2. The Morgan fingerprint density at radius 1 is 1.24 bits per heavy atom. The molecule has 0 amide bonds. The normalized spacial score (nSPS) is 15.1. The molecule has 0 unspecified atom stereocenters. The summed E-state index contributed by atoms with van der Waals surface area (Å²) in [6.45, 7) is 0.880. The standard InChI is InChI=1S/C13H16F2N6/c1-8-7-21(12(14)15)19-11(8)9-6-10(18-13(16)17-9)20-4-2-3-5-20/h6-7,12H,2-5H2,1H3,(H2,16,17,18). The number of hydrogen-bond donors (Lipinski definition) is 1. The summed E-state index contributed by atoms with van der Waals surface area (Å²) in [7, 11) is 0. The number of nitrogens with zero attached hydrogens (tertiary/aromatic N) is 5. The third kappa shape index (κ3) is 2.65. The van der Waals surface area contributed by atoms with Crippen molar-refractivity contribution in [3.05, 3.63) is 17.8 Å². The number of nitrogen functional groups attached to an aromatic ring is 1. The van der Waals surface area contributed by atoms with Gasteiger partial charge in [-0.3, -0.25) is 0 Å². The van der Waals surface area contributed by atoms with E-state index in [-0.39, 0.29) is 5.95 Å². The van der Waals surface area contributed by atoms with E-state index in [0.29, 0.717) is 21.6 Å². The lowest BCUT2D eigenvalue weighted by atomic mass is 10.2. The molecule has 0 aliphatic carbocycles. The molecule has 2 aromatic heterocycles. The summed E-state index contributed by atoms with van der Waals surface area (Å²) in [4.78, 5) is 10.5. The monoisotopic (exact) mass is 294 g/mol. The van der Waals surface area contributed by atoms with Gasteiger partial charge < -0.3 is 10.6 Å². The van der Waals surface area contributed by atoms with Gasteiger partial charge in [-0.1, -0.05) is 0 Å². The molecule has 0 aromatic carbocycles. The lowest BCUT2D eigenvalue weighted by Crippen LogP contribution is -2.20. The molecule has 0 spiro atoms. The molecule has 3 heterocycles. The van der Waals surface area contributed by atoms with Crippen LogP contribution in [0.25, 0.3) is 11.4 Å². The van der Waals surface area contributed by atoms with Gasteiger partial charge in [0.1, 0.15) is 11.5 Å². The summed E-state index contributed by atoms with van der Waals surface area (Å²) < 4.78 is 26.1. The van der Waals surface area contributed by atoms with Crippen LogP contribution in [0, 0.1) is 6.92 Å². The number of hydrogen-bond acceptors (Lipinski definition) is 5. The summed E-state index contributed by atoms with van der Waals surface area (Å²) in [5.41, 5.74) is 7.26. The van der Waals surface area contributed by atoms with E-state index in [2.05, 4.69) is 20.0 Å². The highest BCUT2D eigenvalue weighted by Gasteiger charge is 2.19. The molecule has 112 valence electrons. The second kappa shape index (κ2) is 5.27. The van der Waals surface area contributed by atoms with Crippen molar-refractivity contribution in [2.24, 2.45) is 0 Å². The first-order valence-electron chi connectivity index (χ1n) is 6.78. The van der Waals surface area contributed by atoms with E-state index in [1.165, 1.54) is 6.20 Å². The number of rotatable bonds is 3. The molecule has 1 aliphatic heterocycles. The molecule has 1 saturated heterocycles. The number of aryl methyl sites for hydroxylation is 1. The van der Waals surface area contributed by atoms with E-state index < -0.39 is 6.55 Å². The number of nitrogens with two attached hydrogens (primary N) is 1. The average Bonchev–Trinajstić information content (AvgIpc) is 3.06. The lowest BCUT2D eigenvalue weighted by molar-refractivity contribution is 0.0568. The molecule has 2 aromatic rings. The van der Waals surface area contributed by atoms with E-state index in [1.54, 1.807) is 13.0 Å². The van der Waals surface area contributed by atoms with Crippen LogP contribution < -0.4 is 10.6 Å². The fraction of sp³-hybridized carbons (Fsp3) is 0.462. The fourth-order valence-corrected chi connectivity index (χ4v) is 2.52. The van der Waals surface area contributed by atoms with Gasteiger partial charge in [-0.15, -0.1) is 0 Å². The molecule has 21 heavy (non-hydrogen) atoms. The highest BCUT2D eigenvalue weighted by molar-refractivity contribution is 5.63. The van der Waals surface area contributed by atoms with E-state index in [4.69, 9.17) is 5.73 Å². The maximum absolute atomic E-state index is 12.7. The molecule has 8 heteroatoms. The van der Waals surface area contributed by atoms with E-state index >= 15 is 0 Å². The second-order valence-corrected chi connectivity index (χ2v) is 5.08. The molecular formula is C13H16F2N6. The van der Waals surface area contributed by atoms with Gasteiger partial charge in [0.05, 0.1) is 5.69 Å². The van der Waals surface area contributed by atoms with E-state index in [0.717, 1.165) is 31.7 Å². The van der Waals surface area contributed by atoms with Crippen LogP contribution >= 0.6 is 0 Å². The van der Waals surface area contributed by atoms with Gasteiger partial charge in [0.2, 0.25) is 5.95 Å². The average molecular weight is 294 g/mol. The van der Waals surface area contributed by atoms with Crippen LogP contribution in [0.15, 0.2) is 12.3 Å². The first-order chi connectivity index (χ1) is 10.0. The van der Waals surface area contributed by atoms with Crippen LogP contribution in [0.1, 0.15) is 25.0 Å². The van der Waals surface area contributed by atoms with Gasteiger partial charge in [0.25, 0.3) is 0 Å². The van der Waals surface area contributed by atoms with Crippen molar-refractivity contribution in [3.63, 3.8) is 0 Å². The van der Waals surface area contributed by atoms with Crippen molar-refractivity contribution < 1.29 is 8.78 Å². The van der Waals surface area contributed by atoms with E-state index in [9.17, 15) is 8.78 Å². The zero-order valence-electron chi connectivity index (χ0n) is 11.6. The highest BCUT2D eigenvalue weighted by Crippen LogP contribution is 2.27. The molecule has 3 rings (SSSR count). The zero-order chi connectivity index (χ0) is 15.0. The predicted octanol–water partition coefficient (Wildman–Crippen LogP) is 2.23. The Kier molecular flexibility index (Phi) is 3.44. The second-order valence-electron chi connectivity index (χ2n) is 5.08. The van der Waals surface area contributed by atoms with Gasteiger partial charge >= 0.3 is 6.55 Å². The molecule has 6 nitrogen and oxygen atoms in total. The van der Waals surface area contributed by atoms with Crippen LogP contribution in [-0.4, -0.2) is 32.8 Å². The van der Waals surface area contributed by atoms with Crippen molar-refractivity contribution in [2.75, 3.05) is 23.7 Å². The minimum absolute atomic E-state index is 0.125. The Balaban J connectivity index is 2.01. The van der Waals surface area contributed by atoms with Crippen LogP contribution in [0.4, 0.5) is 20.5 Å². The summed E-state index contributed by atoms with van der Waals surface area (Å²) in [6, 6.07) is 1.76. The zero-order valence-corrected chi connectivity index (χ0v) is 11.6. The maximum Gasteiger partial charge on any atom is 0.333 e. The molecule has 1 aliphatic rings. The molecule has 0 saturated carbocycles. The quantitative estimate of drug-likeness (QED) is 0.939. The number of aromatic nitrogens is 4.